The molecule has 0 bridgehead atoms. The highest BCUT2D eigenvalue weighted by molar-refractivity contribution is 6.04. The van der Waals surface area contributed by atoms with Crippen molar-refractivity contribution in [2.75, 3.05) is 5.73 Å². The summed E-state index contributed by atoms with van der Waals surface area (Å²) in [5.74, 6) is 6.89. The molecule has 9 nitrogen and oxygen atoms in total. The first-order chi connectivity index (χ1) is 18.6. The smallest absolute Gasteiger partial charge is 0.259 e. The summed E-state index contributed by atoms with van der Waals surface area (Å²) in [6.07, 6.45) is 6.73. The molecule has 1 amide bonds. The molecule has 1 atom stereocenters. The summed E-state index contributed by atoms with van der Waals surface area (Å²) >= 11 is 0. The number of hydrogen-bond acceptors (Lipinski definition) is 6. The van der Waals surface area contributed by atoms with Gasteiger partial charge < -0.3 is 11.1 Å². The fraction of sp³-hybridized carbons (Fsp3) is 0.0690. The molecule has 0 spiro atoms. The molecule has 4 heterocycles. The second kappa shape index (κ2) is 9.52. The maximum atomic E-state index is 13.4. The maximum Gasteiger partial charge on any atom is 0.259 e. The van der Waals surface area contributed by atoms with Gasteiger partial charge in [-0.05, 0) is 49.4 Å². The number of nitrogen functional groups attached to an aromatic ring is 1. The molecule has 0 aliphatic heterocycles. The van der Waals surface area contributed by atoms with Crippen molar-refractivity contribution in [1.29, 1.82) is 0 Å². The van der Waals surface area contributed by atoms with E-state index in [0.29, 0.717) is 11.5 Å². The highest BCUT2D eigenvalue weighted by Crippen LogP contribution is 2.28. The number of nitrogens with two attached hydrogens (primary N) is 1. The number of anilines is 1. The van der Waals surface area contributed by atoms with Gasteiger partial charge in [-0.25, -0.2) is 14.5 Å². The van der Waals surface area contributed by atoms with E-state index >= 15 is 0 Å². The highest BCUT2D eigenvalue weighted by atomic mass is 16.1. The molecule has 6 rings (SSSR count). The lowest BCUT2D eigenvalue weighted by atomic mass is 10.1. The predicted octanol–water partition coefficient (Wildman–Crippen LogP) is 3.94. The molecule has 3 N–H and O–H groups in total. The Hall–Kier alpha value is -5.49. The van der Waals surface area contributed by atoms with Crippen LogP contribution in [0.15, 0.2) is 91.5 Å². The van der Waals surface area contributed by atoms with Crippen molar-refractivity contribution in [2.24, 2.45) is 0 Å². The van der Waals surface area contributed by atoms with Gasteiger partial charge >= 0.3 is 0 Å². The van der Waals surface area contributed by atoms with E-state index in [0.717, 1.165) is 27.8 Å². The van der Waals surface area contributed by atoms with Crippen molar-refractivity contribution in [3.63, 3.8) is 0 Å². The van der Waals surface area contributed by atoms with Gasteiger partial charge in [0.1, 0.15) is 11.4 Å². The van der Waals surface area contributed by atoms with E-state index in [2.05, 4.69) is 32.2 Å². The standard InChI is InChI=1S/C29H22N8O/c1-19(33-29(38)24-26(30)35-36-18-6-15-32-28(24)36)27-34-23-10-5-7-21(12-11-20-13-16-31-17-14-20)25(23)37(27)22-8-3-2-4-9-22/h2-10,13-19H,1H3,(H2,30,35)(H,33,38)/t19-/m0/s1. The Balaban J connectivity index is 1.45. The van der Waals surface area contributed by atoms with Gasteiger partial charge in [-0.3, -0.25) is 14.3 Å². The van der Waals surface area contributed by atoms with Crippen LogP contribution in [0.1, 0.15) is 40.3 Å². The Kier molecular flexibility index (Phi) is 5.75. The number of pyridine rings is 1. The summed E-state index contributed by atoms with van der Waals surface area (Å²) in [5.41, 5.74) is 10.9. The summed E-state index contributed by atoms with van der Waals surface area (Å²) in [6.45, 7) is 1.89. The van der Waals surface area contributed by atoms with Crippen LogP contribution >= 0.6 is 0 Å². The number of fused-ring (bicyclic) bond motifs is 2. The molecule has 38 heavy (non-hydrogen) atoms. The Morgan fingerprint density at radius 1 is 0.974 bits per heavy atom. The third-order valence-electron chi connectivity index (χ3n) is 6.12. The van der Waals surface area contributed by atoms with Crippen molar-refractivity contribution < 1.29 is 4.79 Å². The van der Waals surface area contributed by atoms with Gasteiger partial charge in [0, 0.05) is 36.0 Å². The first-order valence-electron chi connectivity index (χ1n) is 12.0. The molecule has 0 aliphatic carbocycles. The maximum absolute atomic E-state index is 13.4. The topological polar surface area (TPSA) is 116 Å². The van der Waals surface area contributed by atoms with Gasteiger partial charge in [-0.1, -0.05) is 36.1 Å². The van der Waals surface area contributed by atoms with Crippen LogP contribution in [-0.2, 0) is 0 Å². The zero-order valence-electron chi connectivity index (χ0n) is 20.4. The predicted molar refractivity (Wildman–Crippen MR) is 145 cm³/mol. The molecule has 0 fully saturated rings. The summed E-state index contributed by atoms with van der Waals surface area (Å²) in [6, 6.07) is 20.7. The number of aromatic nitrogens is 6. The van der Waals surface area contributed by atoms with Crippen LogP contribution in [0.5, 0.6) is 0 Å². The number of hydrogen-bond donors (Lipinski definition) is 2. The molecule has 4 aromatic heterocycles. The number of nitrogens with zero attached hydrogens (tertiary/aromatic N) is 6. The number of amides is 1. The van der Waals surface area contributed by atoms with Crippen LogP contribution in [0.2, 0.25) is 0 Å². The molecule has 9 heteroatoms. The Morgan fingerprint density at radius 3 is 2.61 bits per heavy atom. The van der Waals surface area contributed by atoms with E-state index in [4.69, 9.17) is 10.7 Å². The molecule has 2 aromatic carbocycles. The van der Waals surface area contributed by atoms with Crippen molar-refractivity contribution in [2.45, 2.75) is 13.0 Å². The van der Waals surface area contributed by atoms with Crippen LogP contribution in [-0.4, -0.2) is 35.0 Å². The van der Waals surface area contributed by atoms with E-state index in [1.807, 2.05) is 72.2 Å². The average molecular weight is 499 g/mol. The molecule has 0 radical (unpaired) electrons. The Bertz CT molecular complexity index is 1850. The summed E-state index contributed by atoms with van der Waals surface area (Å²) in [4.78, 5) is 26.6. The molecule has 6 aromatic rings. The minimum absolute atomic E-state index is 0.110. The van der Waals surface area contributed by atoms with Crippen molar-refractivity contribution >= 4 is 28.4 Å². The van der Waals surface area contributed by atoms with Crippen LogP contribution < -0.4 is 11.1 Å². The molecule has 0 unspecified atom stereocenters. The average Bonchev–Trinajstić information content (AvgIpc) is 3.50. The lowest BCUT2D eigenvalue weighted by Crippen LogP contribution is -2.29. The fourth-order valence-electron chi connectivity index (χ4n) is 4.40. The summed E-state index contributed by atoms with van der Waals surface area (Å²) in [5, 5.41) is 7.24. The minimum atomic E-state index is -0.478. The van der Waals surface area contributed by atoms with Gasteiger partial charge in [0.25, 0.3) is 5.91 Å². The van der Waals surface area contributed by atoms with Gasteiger partial charge in [0.2, 0.25) is 0 Å². The number of benzene rings is 2. The Morgan fingerprint density at radius 2 is 1.79 bits per heavy atom. The van der Waals surface area contributed by atoms with E-state index in [1.54, 1.807) is 30.9 Å². The molecule has 0 saturated carbocycles. The quantitative estimate of drug-likeness (QED) is 0.356. The van der Waals surface area contributed by atoms with Crippen molar-refractivity contribution in [1.82, 2.24) is 34.4 Å². The summed E-state index contributed by atoms with van der Waals surface area (Å²) in [7, 11) is 0. The molecular formula is C29H22N8O. The van der Waals surface area contributed by atoms with Crippen LogP contribution in [0.4, 0.5) is 5.82 Å². The van der Waals surface area contributed by atoms with Crippen LogP contribution in [0, 0.1) is 11.8 Å². The zero-order valence-corrected chi connectivity index (χ0v) is 20.4. The van der Waals surface area contributed by atoms with Crippen LogP contribution in [0.3, 0.4) is 0 Å². The number of para-hydroxylation sites is 2. The number of rotatable bonds is 4. The monoisotopic (exact) mass is 498 g/mol. The first kappa shape index (κ1) is 22.9. The molecule has 184 valence electrons. The molecular weight excluding hydrogens is 476 g/mol. The lowest BCUT2D eigenvalue weighted by molar-refractivity contribution is 0.0940. The SMILES string of the molecule is C[C@H](NC(=O)c1c(N)nn2cccnc12)c1nc2cccc(C#Cc3ccncc3)c2n1-c1ccccc1. The van der Waals surface area contributed by atoms with E-state index < -0.39 is 6.04 Å². The van der Waals surface area contributed by atoms with Gasteiger partial charge in [0.05, 0.1) is 22.6 Å². The fourth-order valence-corrected chi connectivity index (χ4v) is 4.40. The van der Waals surface area contributed by atoms with Crippen molar-refractivity contribution in [3.8, 4) is 17.5 Å². The summed E-state index contributed by atoms with van der Waals surface area (Å²) < 4.78 is 3.52. The van der Waals surface area contributed by atoms with Gasteiger partial charge in [0.15, 0.2) is 11.5 Å². The largest absolute Gasteiger partial charge is 0.381 e. The van der Waals surface area contributed by atoms with Crippen LogP contribution in [0.25, 0.3) is 22.4 Å². The third kappa shape index (κ3) is 4.10. The number of carbonyl (C=O) groups excluding carboxylic acids is 1. The van der Waals surface area contributed by atoms with E-state index in [-0.39, 0.29) is 17.3 Å². The zero-order chi connectivity index (χ0) is 26.1. The van der Waals surface area contributed by atoms with Crippen molar-refractivity contribution in [3.05, 3.63) is 114 Å². The van der Waals surface area contributed by atoms with E-state index in [9.17, 15) is 4.79 Å². The number of carbonyl (C=O) groups is 1. The Labute approximate surface area is 218 Å². The second-order valence-corrected chi connectivity index (χ2v) is 8.64. The number of imidazole rings is 1. The van der Waals surface area contributed by atoms with Gasteiger partial charge in [-0.15, -0.1) is 5.10 Å². The molecule has 0 saturated heterocycles. The molecule has 0 aliphatic rings. The lowest BCUT2D eigenvalue weighted by Gasteiger charge is -2.16. The highest BCUT2D eigenvalue weighted by Gasteiger charge is 2.25. The van der Waals surface area contributed by atoms with E-state index in [1.165, 1.54) is 4.52 Å². The number of nitrogens with one attached hydrogen (secondary N) is 1. The third-order valence-corrected chi connectivity index (χ3v) is 6.12. The second-order valence-electron chi connectivity index (χ2n) is 8.64. The first-order valence-corrected chi connectivity index (χ1v) is 12.0. The minimum Gasteiger partial charge on any atom is -0.381 e. The normalized spacial score (nSPS) is 11.7. The van der Waals surface area contributed by atoms with Gasteiger partial charge in [-0.2, -0.15) is 0 Å².